The molecule has 1 aliphatic heterocycles. The van der Waals surface area contributed by atoms with Gasteiger partial charge in [0.05, 0.1) is 12.5 Å². The first-order chi connectivity index (χ1) is 5.36. The summed E-state index contributed by atoms with van der Waals surface area (Å²) < 4.78 is 5.02. The molecule has 3 aliphatic rings. The summed E-state index contributed by atoms with van der Waals surface area (Å²) in [5.74, 6) is 1.96. The molecular weight excluding hydrogens is 140 g/mol. The SMILES string of the molecule is O=C1OC[C@H]2[C@@H]1[C@H]1C=C[C@@H]2C1. The number of cyclic esters (lactones) is 1. The van der Waals surface area contributed by atoms with Crippen LogP contribution in [0.25, 0.3) is 0 Å². The summed E-state index contributed by atoms with van der Waals surface area (Å²) in [5, 5.41) is 0. The van der Waals surface area contributed by atoms with Crippen LogP contribution in [0.5, 0.6) is 0 Å². The minimum absolute atomic E-state index is 0.0480. The highest BCUT2D eigenvalue weighted by Gasteiger charge is 2.52. The lowest BCUT2D eigenvalue weighted by Crippen LogP contribution is -2.19. The van der Waals surface area contributed by atoms with Crippen molar-refractivity contribution < 1.29 is 9.53 Å². The van der Waals surface area contributed by atoms with Crippen molar-refractivity contribution in [1.29, 1.82) is 0 Å². The second-order valence-corrected chi connectivity index (χ2v) is 3.77. The van der Waals surface area contributed by atoms with Crippen LogP contribution in [0.2, 0.25) is 0 Å². The summed E-state index contributed by atoms with van der Waals surface area (Å²) in [4.78, 5) is 11.2. The van der Waals surface area contributed by atoms with Crippen molar-refractivity contribution in [1.82, 2.24) is 0 Å². The molecule has 0 amide bonds. The highest BCUT2D eigenvalue weighted by atomic mass is 16.5. The lowest BCUT2D eigenvalue weighted by atomic mass is 9.86. The number of allylic oxidation sites excluding steroid dienone is 2. The molecular formula is C9H10O2. The molecule has 0 aromatic heterocycles. The van der Waals surface area contributed by atoms with E-state index < -0.39 is 0 Å². The Morgan fingerprint density at radius 3 is 3.00 bits per heavy atom. The van der Waals surface area contributed by atoms with E-state index in [2.05, 4.69) is 12.2 Å². The highest BCUT2D eigenvalue weighted by molar-refractivity contribution is 5.76. The van der Waals surface area contributed by atoms with Gasteiger partial charge in [-0.05, 0) is 18.3 Å². The first-order valence-corrected chi connectivity index (χ1v) is 4.21. The predicted octanol–water partition coefficient (Wildman–Crippen LogP) is 0.982. The topological polar surface area (TPSA) is 26.3 Å². The van der Waals surface area contributed by atoms with Gasteiger partial charge in [-0.1, -0.05) is 12.2 Å². The van der Waals surface area contributed by atoms with Gasteiger partial charge in [0.2, 0.25) is 0 Å². The zero-order valence-electron chi connectivity index (χ0n) is 6.19. The number of carbonyl (C=O) groups excluding carboxylic acids is 1. The summed E-state index contributed by atoms with van der Waals surface area (Å²) in [6.07, 6.45) is 5.65. The van der Waals surface area contributed by atoms with Gasteiger partial charge in [0.1, 0.15) is 0 Å². The molecule has 0 spiro atoms. The molecule has 2 aliphatic carbocycles. The fourth-order valence-corrected chi connectivity index (χ4v) is 2.78. The van der Waals surface area contributed by atoms with E-state index in [1.54, 1.807) is 0 Å². The fourth-order valence-electron chi connectivity index (χ4n) is 2.78. The smallest absolute Gasteiger partial charge is 0.309 e. The van der Waals surface area contributed by atoms with Crippen LogP contribution in [0.4, 0.5) is 0 Å². The molecule has 1 heterocycles. The summed E-state index contributed by atoms with van der Waals surface area (Å²) >= 11 is 0. The van der Waals surface area contributed by atoms with Gasteiger partial charge in [0.15, 0.2) is 0 Å². The number of hydrogen-bond acceptors (Lipinski definition) is 2. The van der Waals surface area contributed by atoms with Crippen LogP contribution < -0.4 is 0 Å². The Bertz CT molecular complexity index is 244. The predicted molar refractivity (Wildman–Crippen MR) is 38.7 cm³/mol. The van der Waals surface area contributed by atoms with E-state index in [9.17, 15) is 4.79 Å². The van der Waals surface area contributed by atoms with Crippen LogP contribution in [-0.2, 0) is 9.53 Å². The zero-order valence-corrected chi connectivity index (χ0v) is 6.19. The van der Waals surface area contributed by atoms with Crippen molar-refractivity contribution in [2.75, 3.05) is 6.61 Å². The standard InChI is InChI=1S/C9H10O2/c10-9-8-6-2-1-5(3-6)7(8)4-11-9/h1-2,5-8H,3-4H2/t5-,6+,7-,8+/m1/s1. The lowest BCUT2D eigenvalue weighted by Gasteiger charge is -2.14. The van der Waals surface area contributed by atoms with E-state index in [0.29, 0.717) is 24.4 Å². The number of esters is 1. The molecule has 3 rings (SSSR count). The molecule has 0 unspecified atom stereocenters. The fraction of sp³-hybridized carbons (Fsp3) is 0.667. The van der Waals surface area contributed by atoms with Crippen LogP contribution in [0.1, 0.15) is 6.42 Å². The number of fused-ring (bicyclic) bond motifs is 5. The lowest BCUT2D eigenvalue weighted by molar-refractivity contribution is -0.142. The molecule has 2 heteroatoms. The molecule has 0 aromatic rings. The van der Waals surface area contributed by atoms with Gasteiger partial charge in [-0.2, -0.15) is 0 Å². The third-order valence-corrected chi connectivity index (χ3v) is 3.31. The highest BCUT2D eigenvalue weighted by Crippen LogP contribution is 2.50. The summed E-state index contributed by atoms with van der Waals surface area (Å²) in [5.41, 5.74) is 0. The van der Waals surface area contributed by atoms with Gasteiger partial charge in [-0.3, -0.25) is 4.79 Å². The summed E-state index contributed by atoms with van der Waals surface area (Å²) in [6, 6.07) is 0. The number of ether oxygens (including phenoxy) is 1. The molecule has 2 nitrogen and oxygen atoms in total. The second-order valence-electron chi connectivity index (χ2n) is 3.77. The number of rotatable bonds is 0. The molecule has 0 N–H and O–H groups in total. The third-order valence-electron chi connectivity index (χ3n) is 3.31. The quantitative estimate of drug-likeness (QED) is 0.380. The van der Waals surface area contributed by atoms with Crippen LogP contribution >= 0.6 is 0 Å². The minimum atomic E-state index is 0.0480. The van der Waals surface area contributed by atoms with E-state index in [1.165, 1.54) is 6.42 Å². The first kappa shape index (κ1) is 5.81. The Morgan fingerprint density at radius 2 is 2.18 bits per heavy atom. The van der Waals surface area contributed by atoms with Crippen LogP contribution in [0.3, 0.4) is 0 Å². The van der Waals surface area contributed by atoms with Gasteiger partial charge >= 0.3 is 5.97 Å². The average Bonchev–Trinajstić information content (AvgIpc) is 2.60. The Morgan fingerprint density at radius 1 is 1.36 bits per heavy atom. The normalized spacial score (nSPS) is 51.5. The Hall–Kier alpha value is -0.790. The van der Waals surface area contributed by atoms with Crippen molar-refractivity contribution in [3.8, 4) is 0 Å². The largest absolute Gasteiger partial charge is 0.465 e. The van der Waals surface area contributed by atoms with Crippen molar-refractivity contribution in [2.24, 2.45) is 23.7 Å². The number of carbonyl (C=O) groups is 1. The molecule has 11 heavy (non-hydrogen) atoms. The van der Waals surface area contributed by atoms with Crippen molar-refractivity contribution >= 4 is 5.97 Å². The van der Waals surface area contributed by atoms with Gasteiger partial charge in [0, 0.05) is 5.92 Å². The molecule has 1 saturated heterocycles. The number of hydrogen-bond donors (Lipinski definition) is 0. The summed E-state index contributed by atoms with van der Waals surface area (Å²) in [7, 11) is 0. The third kappa shape index (κ3) is 0.561. The molecule has 4 atom stereocenters. The Labute approximate surface area is 65.2 Å². The van der Waals surface area contributed by atoms with Crippen molar-refractivity contribution in [3.63, 3.8) is 0 Å². The van der Waals surface area contributed by atoms with E-state index >= 15 is 0 Å². The first-order valence-electron chi connectivity index (χ1n) is 4.21. The zero-order chi connectivity index (χ0) is 7.42. The molecule has 1 saturated carbocycles. The average molecular weight is 150 g/mol. The Kier molecular flexibility index (Phi) is 0.888. The van der Waals surface area contributed by atoms with Crippen LogP contribution in [0.15, 0.2) is 12.2 Å². The maximum atomic E-state index is 11.2. The molecule has 2 fully saturated rings. The van der Waals surface area contributed by atoms with Gasteiger partial charge in [-0.25, -0.2) is 0 Å². The molecule has 0 aromatic carbocycles. The summed E-state index contributed by atoms with van der Waals surface area (Å²) in [6.45, 7) is 0.676. The van der Waals surface area contributed by atoms with Gasteiger partial charge in [-0.15, -0.1) is 0 Å². The molecule has 58 valence electrons. The Balaban J connectivity index is 2.03. The monoisotopic (exact) mass is 150 g/mol. The molecule has 2 bridgehead atoms. The van der Waals surface area contributed by atoms with Crippen molar-refractivity contribution in [3.05, 3.63) is 12.2 Å². The van der Waals surface area contributed by atoms with Gasteiger partial charge < -0.3 is 4.74 Å². The maximum absolute atomic E-state index is 11.2. The second kappa shape index (κ2) is 1.68. The minimum Gasteiger partial charge on any atom is -0.465 e. The van der Waals surface area contributed by atoms with E-state index in [-0.39, 0.29) is 11.9 Å². The van der Waals surface area contributed by atoms with E-state index in [0.717, 1.165) is 0 Å². The van der Waals surface area contributed by atoms with Crippen molar-refractivity contribution in [2.45, 2.75) is 6.42 Å². The van der Waals surface area contributed by atoms with Gasteiger partial charge in [0.25, 0.3) is 0 Å². The molecule has 0 radical (unpaired) electrons. The van der Waals surface area contributed by atoms with E-state index in [4.69, 9.17) is 4.74 Å². The van der Waals surface area contributed by atoms with E-state index in [1.807, 2.05) is 0 Å². The van der Waals surface area contributed by atoms with Crippen LogP contribution in [-0.4, -0.2) is 12.6 Å². The van der Waals surface area contributed by atoms with Crippen LogP contribution in [0, 0.1) is 23.7 Å². The maximum Gasteiger partial charge on any atom is 0.309 e.